The normalized spacial score (nSPS) is 16.0. The van der Waals surface area contributed by atoms with Crippen molar-refractivity contribution in [2.24, 2.45) is 0 Å². The average molecular weight is 480 g/mol. The van der Waals surface area contributed by atoms with Crippen LogP contribution in [0.5, 0.6) is 0 Å². The van der Waals surface area contributed by atoms with Gasteiger partial charge in [0, 0.05) is 43.2 Å². The Hall–Kier alpha value is -3.01. The molecule has 0 unspecified atom stereocenters. The Morgan fingerprint density at radius 2 is 1.76 bits per heavy atom. The van der Waals surface area contributed by atoms with Gasteiger partial charge in [-0.2, -0.15) is 17.6 Å². The number of aromatic nitrogens is 3. The molecule has 0 atom stereocenters. The zero-order valence-corrected chi connectivity index (χ0v) is 20.5. The molecule has 5 rings (SSSR count). The number of fused-ring (bicyclic) bond motifs is 1. The number of aryl methyl sites for hydroxylation is 1. The van der Waals surface area contributed by atoms with Gasteiger partial charge in [0.15, 0.2) is 0 Å². The van der Waals surface area contributed by atoms with E-state index in [1.54, 1.807) is 42.7 Å². The summed E-state index contributed by atoms with van der Waals surface area (Å²) in [4.78, 5) is 9.57. The minimum Gasteiger partial charge on any atom is -0.440 e. The second-order valence-electron chi connectivity index (χ2n) is 9.09. The van der Waals surface area contributed by atoms with Crippen molar-refractivity contribution in [3.05, 3.63) is 66.2 Å². The van der Waals surface area contributed by atoms with E-state index in [0.717, 1.165) is 47.2 Å². The quantitative estimate of drug-likeness (QED) is 0.416. The van der Waals surface area contributed by atoms with Crippen LogP contribution in [0.2, 0.25) is 0 Å². The molecule has 0 radical (unpaired) electrons. The van der Waals surface area contributed by atoms with Gasteiger partial charge in [0.2, 0.25) is 5.89 Å². The summed E-state index contributed by atoms with van der Waals surface area (Å²) < 4.78 is 33.6. The zero-order chi connectivity index (χ0) is 23.9. The van der Waals surface area contributed by atoms with Crippen molar-refractivity contribution in [3.8, 4) is 11.5 Å². The minimum atomic E-state index is -3.82. The number of hydrogen-bond acceptors (Lipinski definition) is 7. The molecular formula is C25H29N5O3S. The average Bonchev–Trinajstić information content (AvgIpc) is 3.47. The van der Waals surface area contributed by atoms with E-state index >= 15 is 0 Å². The monoisotopic (exact) mass is 479 g/mol. The third kappa shape index (κ3) is 4.26. The highest BCUT2D eigenvalue weighted by molar-refractivity contribution is 7.90. The molecule has 2 aromatic carbocycles. The van der Waals surface area contributed by atoms with Crippen molar-refractivity contribution >= 4 is 20.9 Å². The summed E-state index contributed by atoms with van der Waals surface area (Å²) in [5.74, 6) is 1.27. The van der Waals surface area contributed by atoms with Crippen molar-refractivity contribution in [2.75, 3.05) is 26.2 Å². The molecule has 0 N–H and O–H groups in total. The lowest BCUT2D eigenvalue weighted by Crippen LogP contribution is -2.48. The lowest BCUT2D eigenvalue weighted by atomic mass is 10.1. The molecule has 1 aliphatic rings. The third-order valence-corrected chi connectivity index (χ3v) is 7.98. The van der Waals surface area contributed by atoms with E-state index in [0.29, 0.717) is 29.4 Å². The molecule has 34 heavy (non-hydrogen) atoms. The Bertz CT molecular complexity index is 1400. The first-order valence-electron chi connectivity index (χ1n) is 11.5. The maximum absolute atomic E-state index is 13.2. The number of hydrogen-bond donors (Lipinski definition) is 0. The van der Waals surface area contributed by atoms with Crippen LogP contribution in [0.3, 0.4) is 0 Å². The van der Waals surface area contributed by atoms with Crippen LogP contribution in [0.15, 0.2) is 64.2 Å². The van der Waals surface area contributed by atoms with Crippen LogP contribution < -0.4 is 0 Å². The van der Waals surface area contributed by atoms with Gasteiger partial charge >= 0.3 is 0 Å². The van der Waals surface area contributed by atoms with Crippen molar-refractivity contribution in [1.29, 1.82) is 0 Å². The van der Waals surface area contributed by atoms with Crippen LogP contribution in [-0.4, -0.2) is 64.6 Å². The SMILES string of the molecule is Cc1cc(-c2ncc(CN3CCN(C(C)C)CC3)o2)c2cnn(S(=O)(=O)c3ccccc3)c2c1. The van der Waals surface area contributed by atoms with E-state index in [-0.39, 0.29) is 4.90 Å². The Balaban J connectivity index is 1.44. The van der Waals surface area contributed by atoms with Gasteiger partial charge in [-0.05, 0) is 50.6 Å². The van der Waals surface area contributed by atoms with E-state index in [9.17, 15) is 8.42 Å². The summed E-state index contributed by atoms with van der Waals surface area (Å²) >= 11 is 0. The Labute approximate surface area is 199 Å². The summed E-state index contributed by atoms with van der Waals surface area (Å²) in [6.07, 6.45) is 3.34. The van der Waals surface area contributed by atoms with Gasteiger partial charge < -0.3 is 4.42 Å². The van der Waals surface area contributed by atoms with Crippen LogP contribution in [0.4, 0.5) is 0 Å². The molecule has 0 bridgehead atoms. The highest BCUT2D eigenvalue weighted by Crippen LogP contribution is 2.31. The second kappa shape index (κ2) is 8.98. The molecule has 1 fully saturated rings. The molecule has 1 saturated heterocycles. The first kappa shape index (κ1) is 22.8. The molecule has 2 aromatic heterocycles. The second-order valence-corrected chi connectivity index (χ2v) is 10.9. The molecular weight excluding hydrogens is 450 g/mol. The first-order chi connectivity index (χ1) is 16.3. The molecule has 0 amide bonds. The van der Waals surface area contributed by atoms with Crippen LogP contribution in [0.25, 0.3) is 22.4 Å². The van der Waals surface area contributed by atoms with E-state index in [4.69, 9.17) is 4.42 Å². The van der Waals surface area contributed by atoms with Crippen LogP contribution >= 0.6 is 0 Å². The summed E-state index contributed by atoms with van der Waals surface area (Å²) in [7, 11) is -3.82. The molecule has 1 aliphatic heterocycles. The molecule has 0 aliphatic carbocycles. The van der Waals surface area contributed by atoms with E-state index < -0.39 is 10.0 Å². The van der Waals surface area contributed by atoms with Gasteiger partial charge in [0.1, 0.15) is 5.76 Å². The van der Waals surface area contributed by atoms with Gasteiger partial charge in [-0.3, -0.25) is 9.80 Å². The maximum atomic E-state index is 13.2. The van der Waals surface area contributed by atoms with E-state index in [1.807, 2.05) is 19.1 Å². The number of nitrogens with zero attached hydrogens (tertiary/aromatic N) is 5. The van der Waals surface area contributed by atoms with Gasteiger partial charge in [-0.1, -0.05) is 18.2 Å². The van der Waals surface area contributed by atoms with Gasteiger partial charge in [0.25, 0.3) is 10.0 Å². The predicted molar refractivity (Wildman–Crippen MR) is 131 cm³/mol. The van der Waals surface area contributed by atoms with Crippen molar-refractivity contribution in [1.82, 2.24) is 24.0 Å². The van der Waals surface area contributed by atoms with Gasteiger partial charge in [0.05, 0.1) is 29.4 Å². The van der Waals surface area contributed by atoms with E-state index in [1.165, 1.54) is 0 Å². The fourth-order valence-corrected chi connectivity index (χ4v) is 5.75. The molecule has 3 heterocycles. The van der Waals surface area contributed by atoms with Crippen molar-refractivity contribution in [2.45, 2.75) is 38.3 Å². The zero-order valence-electron chi connectivity index (χ0n) is 19.7. The highest BCUT2D eigenvalue weighted by atomic mass is 32.2. The van der Waals surface area contributed by atoms with Crippen LogP contribution in [-0.2, 0) is 16.6 Å². The first-order valence-corrected chi connectivity index (χ1v) is 13.0. The lowest BCUT2D eigenvalue weighted by molar-refractivity contribution is 0.0992. The molecule has 9 heteroatoms. The Morgan fingerprint density at radius 1 is 1.03 bits per heavy atom. The fraction of sp³-hybridized carbons (Fsp3) is 0.360. The fourth-order valence-electron chi connectivity index (χ4n) is 4.47. The van der Waals surface area contributed by atoms with Gasteiger partial charge in [-0.25, -0.2) is 4.98 Å². The predicted octanol–water partition coefficient (Wildman–Crippen LogP) is 3.76. The molecule has 8 nitrogen and oxygen atoms in total. The largest absolute Gasteiger partial charge is 0.440 e. The smallest absolute Gasteiger partial charge is 0.283 e. The summed E-state index contributed by atoms with van der Waals surface area (Å²) in [6.45, 7) is 11.2. The molecule has 0 spiro atoms. The molecule has 4 aromatic rings. The van der Waals surface area contributed by atoms with Crippen molar-refractivity contribution in [3.63, 3.8) is 0 Å². The van der Waals surface area contributed by atoms with Gasteiger partial charge in [-0.15, -0.1) is 0 Å². The highest BCUT2D eigenvalue weighted by Gasteiger charge is 2.24. The standard InChI is InChI=1S/C25H29N5O3S/c1-18(2)29-11-9-28(10-12-29)17-20-15-26-25(33-20)22-13-19(3)14-24-23(22)16-27-30(24)34(31,32)21-7-5-4-6-8-21/h4-8,13-16,18H,9-12,17H2,1-3H3. The summed E-state index contributed by atoms with van der Waals surface area (Å²) in [5, 5.41) is 4.92. The summed E-state index contributed by atoms with van der Waals surface area (Å²) in [5.41, 5.74) is 2.14. The number of rotatable bonds is 6. The van der Waals surface area contributed by atoms with Crippen LogP contribution in [0.1, 0.15) is 25.2 Å². The number of oxazole rings is 1. The van der Waals surface area contributed by atoms with E-state index in [2.05, 4.69) is 33.7 Å². The Morgan fingerprint density at radius 3 is 2.47 bits per heavy atom. The minimum absolute atomic E-state index is 0.194. The number of benzene rings is 2. The van der Waals surface area contributed by atoms with Crippen molar-refractivity contribution < 1.29 is 12.8 Å². The Kier molecular flexibility index (Phi) is 6.01. The van der Waals surface area contributed by atoms with Crippen LogP contribution in [0, 0.1) is 6.92 Å². The lowest BCUT2D eigenvalue weighted by Gasteiger charge is -2.36. The third-order valence-electron chi connectivity index (χ3n) is 6.37. The molecule has 0 saturated carbocycles. The molecule has 178 valence electrons. The topological polar surface area (TPSA) is 84.5 Å². The number of piperazine rings is 1. The summed E-state index contributed by atoms with van der Waals surface area (Å²) in [6, 6.07) is 12.7. The maximum Gasteiger partial charge on any atom is 0.283 e.